The lowest BCUT2D eigenvalue weighted by Gasteiger charge is -2.11. The second-order valence-corrected chi connectivity index (χ2v) is 5.36. The molecule has 116 valence electrons. The minimum absolute atomic E-state index is 0.433. The van der Waals surface area contributed by atoms with Crippen LogP contribution in [-0.4, -0.2) is 37.1 Å². The summed E-state index contributed by atoms with van der Waals surface area (Å²) in [7, 11) is 3.92. The minimum Gasteiger partial charge on any atom is -0.378 e. The molecule has 1 fully saturated rings. The Hall–Kier alpha value is -3.15. The molecule has 1 aliphatic rings. The van der Waals surface area contributed by atoms with Gasteiger partial charge in [0.05, 0.1) is 0 Å². The van der Waals surface area contributed by atoms with Crippen LogP contribution in [0.1, 0.15) is 5.56 Å². The van der Waals surface area contributed by atoms with Crippen LogP contribution in [-0.2, 0) is 0 Å². The van der Waals surface area contributed by atoms with Crippen molar-refractivity contribution < 1.29 is 14.3 Å². The Bertz CT molecular complexity index is 767. The second kappa shape index (κ2) is 5.92. The number of benzene rings is 2. The minimum atomic E-state index is -0.470. The van der Waals surface area contributed by atoms with Crippen LogP contribution in [0.5, 0.6) is 0 Å². The quantitative estimate of drug-likeness (QED) is 0.886. The number of amides is 4. The van der Waals surface area contributed by atoms with Gasteiger partial charge < -0.3 is 4.90 Å². The van der Waals surface area contributed by atoms with Gasteiger partial charge in [-0.05, 0) is 36.4 Å². The van der Waals surface area contributed by atoms with Crippen molar-refractivity contribution in [3.8, 4) is 0 Å². The SMILES string of the molecule is CN(C)c1ccc(/C=[N+]2\NC(=O)N(c3ccccc3)C2=O)cc1. The molecule has 6 nitrogen and oxygen atoms in total. The highest BCUT2D eigenvalue weighted by Gasteiger charge is 2.44. The van der Waals surface area contributed by atoms with E-state index in [1.807, 2.05) is 49.3 Å². The molecule has 1 N–H and O–H groups in total. The van der Waals surface area contributed by atoms with E-state index in [1.54, 1.807) is 30.5 Å². The summed E-state index contributed by atoms with van der Waals surface area (Å²) in [6.45, 7) is 0. The van der Waals surface area contributed by atoms with Gasteiger partial charge in [0.15, 0.2) is 0 Å². The molecule has 0 radical (unpaired) electrons. The van der Waals surface area contributed by atoms with Crippen molar-refractivity contribution in [3.05, 3.63) is 60.2 Å². The third-order valence-electron chi connectivity index (χ3n) is 3.52. The van der Waals surface area contributed by atoms with Crippen LogP contribution < -0.4 is 15.2 Å². The van der Waals surface area contributed by atoms with Crippen LogP contribution in [0.2, 0.25) is 0 Å². The highest BCUT2D eigenvalue weighted by atomic mass is 16.2. The molecular formula is C17H17N4O2+. The van der Waals surface area contributed by atoms with Crippen molar-refractivity contribution in [1.29, 1.82) is 0 Å². The first-order valence-corrected chi connectivity index (χ1v) is 7.17. The Balaban J connectivity index is 1.87. The fourth-order valence-electron chi connectivity index (χ4n) is 2.30. The van der Waals surface area contributed by atoms with Gasteiger partial charge in [-0.3, -0.25) is 0 Å². The number of hydrogen-bond acceptors (Lipinski definition) is 3. The predicted octanol–water partition coefficient (Wildman–Crippen LogP) is 2.45. The summed E-state index contributed by atoms with van der Waals surface area (Å²) in [6, 6.07) is 15.6. The number of hydrazone groups is 1. The Morgan fingerprint density at radius 1 is 1.00 bits per heavy atom. The van der Waals surface area contributed by atoms with Gasteiger partial charge in [0.1, 0.15) is 11.9 Å². The molecule has 0 atom stereocenters. The maximum absolute atomic E-state index is 12.4. The standard InChI is InChI=1S/C17H16N4O2/c1-19(2)14-10-8-13(9-11-14)12-20-17(23)21(16(22)18-20)15-6-4-3-5-7-15/h3-12H,1-2H3/p+1. The summed E-state index contributed by atoms with van der Waals surface area (Å²) in [5.41, 5.74) is 4.96. The molecule has 0 aliphatic carbocycles. The van der Waals surface area contributed by atoms with Gasteiger partial charge in [-0.15, -0.1) is 10.3 Å². The number of anilines is 2. The highest BCUT2D eigenvalue weighted by Crippen LogP contribution is 2.17. The van der Waals surface area contributed by atoms with Crippen molar-refractivity contribution in [3.63, 3.8) is 0 Å². The Labute approximate surface area is 134 Å². The molecule has 0 aromatic heterocycles. The summed E-state index contributed by atoms with van der Waals surface area (Å²) in [6.07, 6.45) is 1.60. The van der Waals surface area contributed by atoms with E-state index in [4.69, 9.17) is 0 Å². The number of carbonyl (C=O) groups excluding carboxylic acids is 2. The zero-order valence-electron chi connectivity index (χ0n) is 12.9. The maximum Gasteiger partial charge on any atom is 0.531 e. The van der Waals surface area contributed by atoms with Crippen LogP contribution in [0.3, 0.4) is 0 Å². The first kappa shape index (κ1) is 14.8. The van der Waals surface area contributed by atoms with Crippen molar-refractivity contribution in [2.24, 2.45) is 0 Å². The molecule has 23 heavy (non-hydrogen) atoms. The number of rotatable bonds is 3. The largest absolute Gasteiger partial charge is 0.531 e. The van der Waals surface area contributed by atoms with E-state index >= 15 is 0 Å². The van der Waals surface area contributed by atoms with Gasteiger partial charge >= 0.3 is 12.1 Å². The van der Waals surface area contributed by atoms with Crippen molar-refractivity contribution in [2.75, 3.05) is 23.9 Å². The van der Waals surface area contributed by atoms with E-state index in [-0.39, 0.29) is 0 Å². The average Bonchev–Trinajstić information content (AvgIpc) is 2.82. The smallest absolute Gasteiger partial charge is 0.378 e. The van der Waals surface area contributed by atoms with Crippen molar-refractivity contribution >= 4 is 29.7 Å². The maximum atomic E-state index is 12.4. The van der Waals surface area contributed by atoms with Crippen molar-refractivity contribution in [2.45, 2.75) is 0 Å². The van der Waals surface area contributed by atoms with Crippen LogP contribution in [0, 0.1) is 0 Å². The fraction of sp³-hybridized carbons (Fsp3) is 0.118. The van der Waals surface area contributed by atoms with Crippen LogP contribution in [0.15, 0.2) is 54.6 Å². The third kappa shape index (κ3) is 2.91. The number of urea groups is 2. The molecule has 2 aromatic carbocycles. The summed E-state index contributed by atoms with van der Waals surface area (Å²) in [4.78, 5) is 27.6. The highest BCUT2D eigenvalue weighted by molar-refractivity contribution is 6.14. The zero-order valence-corrected chi connectivity index (χ0v) is 12.9. The van der Waals surface area contributed by atoms with Crippen molar-refractivity contribution in [1.82, 2.24) is 5.43 Å². The van der Waals surface area contributed by atoms with E-state index in [0.29, 0.717) is 5.69 Å². The Morgan fingerprint density at radius 2 is 1.65 bits per heavy atom. The number of carbonyl (C=O) groups is 2. The van der Waals surface area contributed by atoms with Gasteiger partial charge in [-0.1, -0.05) is 22.9 Å². The van der Waals surface area contributed by atoms with Gasteiger partial charge in [-0.25, -0.2) is 4.79 Å². The van der Waals surface area contributed by atoms with Gasteiger partial charge in [0.25, 0.3) is 0 Å². The fourth-order valence-corrected chi connectivity index (χ4v) is 2.30. The van der Waals surface area contributed by atoms with Gasteiger partial charge in [0, 0.05) is 25.3 Å². The number of hydrogen-bond donors (Lipinski definition) is 1. The molecule has 0 unspecified atom stereocenters. The molecule has 1 heterocycles. The van der Waals surface area contributed by atoms with Crippen LogP contribution in [0.4, 0.5) is 21.0 Å². The zero-order chi connectivity index (χ0) is 16.4. The lowest BCUT2D eigenvalue weighted by atomic mass is 10.2. The summed E-state index contributed by atoms with van der Waals surface area (Å²) < 4.78 is 1.19. The monoisotopic (exact) mass is 309 g/mol. The number of hydrazine groups is 1. The van der Waals surface area contributed by atoms with Crippen LogP contribution >= 0.6 is 0 Å². The average molecular weight is 309 g/mol. The molecule has 1 aliphatic heterocycles. The molecule has 6 heteroatoms. The lowest BCUT2D eigenvalue weighted by Crippen LogP contribution is -2.29. The van der Waals surface area contributed by atoms with Crippen LogP contribution in [0.25, 0.3) is 0 Å². The topological polar surface area (TPSA) is 55.7 Å². The molecule has 0 spiro atoms. The van der Waals surface area contributed by atoms with E-state index in [9.17, 15) is 9.59 Å². The second-order valence-electron chi connectivity index (χ2n) is 5.36. The molecule has 0 saturated carbocycles. The number of nitrogens with one attached hydrogen (secondary N) is 1. The molecule has 4 amide bonds. The van der Waals surface area contributed by atoms with Gasteiger partial charge in [-0.2, -0.15) is 4.79 Å². The normalized spacial score (nSPS) is 15.9. The summed E-state index contributed by atoms with van der Waals surface area (Å²) in [5, 5.41) is 0. The number of imide groups is 1. The molecule has 3 rings (SSSR count). The molecule has 2 aromatic rings. The summed E-state index contributed by atoms with van der Waals surface area (Å²) in [5.74, 6) is 0. The number of nitrogens with zero attached hydrogens (tertiary/aromatic N) is 3. The van der Waals surface area contributed by atoms with E-state index < -0.39 is 12.1 Å². The Morgan fingerprint density at radius 3 is 2.26 bits per heavy atom. The molecule has 1 saturated heterocycles. The first-order chi connectivity index (χ1) is 11.1. The van der Waals surface area contributed by atoms with E-state index in [0.717, 1.165) is 16.2 Å². The van der Waals surface area contributed by atoms with E-state index in [1.165, 1.54) is 4.68 Å². The predicted molar refractivity (Wildman–Crippen MR) is 89.0 cm³/mol. The number of para-hydroxylation sites is 1. The molecule has 0 bridgehead atoms. The van der Waals surface area contributed by atoms with E-state index in [2.05, 4.69) is 5.43 Å². The van der Waals surface area contributed by atoms with Gasteiger partial charge in [0.2, 0.25) is 0 Å². The lowest BCUT2D eigenvalue weighted by molar-refractivity contribution is -0.458. The summed E-state index contributed by atoms with van der Waals surface area (Å²) >= 11 is 0. The third-order valence-corrected chi connectivity index (χ3v) is 3.52. The molecular weight excluding hydrogens is 292 g/mol. The first-order valence-electron chi connectivity index (χ1n) is 7.17. The Kier molecular flexibility index (Phi) is 3.80.